The number of aromatic nitrogens is 1. The average Bonchev–Trinajstić information content (AvgIpc) is 2.71. The highest BCUT2D eigenvalue weighted by molar-refractivity contribution is 6.30. The molecule has 108 valence electrons. The molecule has 1 aromatic heterocycles. The molecule has 0 radical (unpaired) electrons. The van der Waals surface area contributed by atoms with Crippen LogP contribution in [0.3, 0.4) is 0 Å². The second-order valence-electron chi connectivity index (χ2n) is 6.18. The molecule has 4 nitrogen and oxygen atoms in total. The quantitative estimate of drug-likeness (QED) is 0.927. The third-order valence-corrected chi connectivity index (χ3v) is 4.93. The number of aliphatic carboxylic acids is 1. The van der Waals surface area contributed by atoms with Gasteiger partial charge in [-0.2, -0.15) is 0 Å². The van der Waals surface area contributed by atoms with E-state index in [0.29, 0.717) is 10.4 Å². The Balaban J connectivity index is 1.71. The number of carboxylic acids is 1. The smallest absolute Gasteiger partial charge is 0.304 e. The number of likely N-dealkylation sites (tertiary alicyclic amines) is 1. The predicted molar refractivity (Wildman–Crippen MR) is 76.6 cm³/mol. The van der Waals surface area contributed by atoms with E-state index in [1.165, 1.54) is 19.3 Å². The maximum atomic E-state index is 11.1. The van der Waals surface area contributed by atoms with Crippen LogP contribution in [0.2, 0.25) is 5.02 Å². The number of hydrogen-bond acceptors (Lipinski definition) is 3. The Hall–Kier alpha value is -1.13. The summed E-state index contributed by atoms with van der Waals surface area (Å²) in [6.45, 7) is 1.73. The van der Waals surface area contributed by atoms with Crippen molar-refractivity contribution in [2.24, 2.45) is 5.41 Å². The lowest BCUT2D eigenvalue weighted by Gasteiger charge is -2.38. The van der Waals surface area contributed by atoms with Crippen LogP contribution in [0.4, 0.5) is 0 Å². The Morgan fingerprint density at radius 1 is 1.50 bits per heavy atom. The molecular formula is C15H19ClN2O2. The second-order valence-corrected chi connectivity index (χ2v) is 6.62. The summed E-state index contributed by atoms with van der Waals surface area (Å²) in [4.78, 5) is 17.7. The van der Waals surface area contributed by atoms with E-state index in [1.54, 1.807) is 6.20 Å². The highest BCUT2D eigenvalue weighted by Gasteiger charge is 2.47. The SMILES string of the molecule is O=C(O)CC1CC2(CCC2)CN1Cc1ccc(Cl)cn1. The second kappa shape index (κ2) is 5.34. The molecule has 0 amide bonds. The Morgan fingerprint density at radius 3 is 2.85 bits per heavy atom. The Kier molecular flexibility index (Phi) is 3.69. The van der Waals surface area contributed by atoms with Crippen molar-refractivity contribution in [2.75, 3.05) is 6.54 Å². The molecule has 0 aromatic carbocycles. The number of hydrogen-bond donors (Lipinski definition) is 1. The fourth-order valence-corrected chi connectivity index (χ4v) is 3.70. The maximum Gasteiger partial charge on any atom is 0.304 e. The van der Waals surface area contributed by atoms with Gasteiger partial charge in [-0.1, -0.05) is 18.0 Å². The summed E-state index contributed by atoms with van der Waals surface area (Å²) in [6.07, 6.45) is 6.68. The minimum Gasteiger partial charge on any atom is -0.481 e. The summed E-state index contributed by atoms with van der Waals surface area (Å²) in [5.41, 5.74) is 1.34. The fraction of sp³-hybridized carbons (Fsp3) is 0.600. The van der Waals surface area contributed by atoms with Gasteiger partial charge in [0.05, 0.1) is 17.1 Å². The van der Waals surface area contributed by atoms with E-state index in [1.807, 2.05) is 12.1 Å². The van der Waals surface area contributed by atoms with Crippen LogP contribution in [0.15, 0.2) is 18.3 Å². The maximum absolute atomic E-state index is 11.1. The van der Waals surface area contributed by atoms with Crippen molar-refractivity contribution in [1.82, 2.24) is 9.88 Å². The van der Waals surface area contributed by atoms with Crippen molar-refractivity contribution in [3.05, 3.63) is 29.0 Å². The van der Waals surface area contributed by atoms with Crippen LogP contribution in [0.25, 0.3) is 0 Å². The van der Waals surface area contributed by atoms with Gasteiger partial charge in [-0.25, -0.2) is 0 Å². The number of nitrogens with zero attached hydrogens (tertiary/aromatic N) is 2. The molecule has 1 aliphatic heterocycles. The monoisotopic (exact) mass is 294 g/mol. The van der Waals surface area contributed by atoms with Crippen LogP contribution in [0, 0.1) is 5.41 Å². The van der Waals surface area contributed by atoms with E-state index in [2.05, 4.69) is 9.88 Å². The molecule has 5 heteroatoms. The van der Waals surface area contributed by atoms with Gasteiger partial charge < -0.3 is 5.11 Å². The topological polar surface area (TPSA) is 53.4 Å². The first-order chi connectivity index (χ1) is 9.56. The lowest BCUT2D eigenvalue weighted by atomic mass is 9.67. The molecular weight excluding hydrogens is 276 g/mol. The Labute approximate surface area is 123 Å². The molecule has 1 aliphatic carbocycles. The van der Waals surface area contributed by atoms with E-state index in [0.717, 1.165) is 25.2 Å². The number of pyridine rings is 1. The summed E-state index contributed by atoms with van der Waals surface area (Å²) < 4.78 is 0. The summed E-state index contributed by atoms with van der Waals surface area (Å²) in [5.74, 6) is -0.708. The van der Waals surface area contributed by atoms with Crippen LogP contribution < -0.4 is 0 Å². The molecule has 1 aromatic rings. The zero-order valence-corrected chi connectivity index (χ0v) is 12.1. The molecule has 0 bridgehead atoms. The fourth-order valence-electron chi connectivity index (χ4n) is 3.59. The molecule has 1 atom stereocenters. The predicted octanol–water partition coefficient (Wildman–Crippen LogP) is 2.95. The normalized spacial score (nSPS) is 24.8. The van der Waals surface area contributed by atoms with Gasteiger partial charge in [-0.3, -0.25) is 14.7 Å². The van der Waals surface area contributed by atoms with Gasteiger partial charge in [0.2, 0.25) is 0 Å². The third kappa shape index (κ3) is 2.81. The highest BCUT2D eigenvalue weighted by atomic mass is 35.5. The molecule has 1 N–H and O–H groups in total. The van der Waals surface area contributed by atoms with E-state index in [9.17, 15) is 4.79 Å². The summed E-state index contributed by atoms with van der Waals surface area (Å²) >= 11 is 5.85. The zero-order valence-electron chi connectivity index (χ0n) is 11.4. The molecule has 3 rings (SSSR count). The highest BCUT2D eigenvalue weighted by Crippen LogP contribution is 2.51. The van der Waals surface area contributed by atoms with Crippen LogP contribution in [0.1, 0.15) is 37.8 Å². The van der Waals surface area contributed by atoms with Crippen LogP contribution in [-0.2, 0) is 11.3 Å². The van der Waals surface area contributed by atoms with Crippen molar-refractivity contribution in [2.45, 2.75) is 44.7 Å². The third-order valence-electron chi connectivity index (χ3n) is 4.70. The first kappa shape index (κ1) is 13.8. The Morgan fingerprint density at radius 2 is 2.30 bits per heavy atom. The van der Waals surface area contributed by atoms with Gasteiger partial charge in [0, 0.05) is 25.3 Å². The molecule has 2 heterocycles. The number of carboxylic acid groups (broad SMARTS) is 1. The van der Waals surface area contributed by atoms with Gasteiger partial charge in [0.15, 0.2) is 0 Å². The van der Waals surface area contributed by atoms with Crippen LogP contribution >= 0.6 is 11.6 Å². The van der Waals surface area contributed by atoms with Crippen molar-refractivity contribution >= 4 is 17.6 Å². The van der Waals surface area contributed by atoms with Gasteiger partial charge in [0.25, 0.3) is 0 Å². The molecule has 1 saturated heterocycles. The number of halogens is 1. The van der Waals surface area contributed by atoms with Gasteiger partial charge in [0.1, 0.15) is 0 Å². The minimum atomic E-state index is -0.708. The molecule has 1 unspecified atom stereocenters. The van der Waals surface area contributed by atoms with Gasteiger partial charge in [-0.05, 0) is 36.8 Å². The summed E-state index contributed by atoms with van der Waals surface area (Å²) in [7, 11) is 0. The van der Waals surface area contributed by atoms with E-state index >= 15 is 0 Å². The van der Waals surface area contributed by atoms with Crippen molar-refractivity contribution in [1.29, 1.82) is 0 Å². The molecule has 20 heavy (non-hydrogen) atoms. The molecule has 2 fully saturated rings. The van der Waals surface area contributed by atoms with E-state index in [4.69, 9.17) is 16.7 Å². The lowest BCUT2D eigenvalue weighted by Crippen LogP contribution is -2.34. The molecule has 1 spiro atoms. The lowest BCUT2D eigenvalue weighted by molar-refractivity contribution is -0.138. The van der Waals surface area contributed by atoms with E-state index < -0.39 is 5.97 Å². The standard InChI is InChI=1S/C15H19ClN2O2/c16-11-2-3-12(17-8-11)9-18-10-15(4-1-5-15)7-13(18)6-14(19)20/h2-3,8,13H,1,4-7,9-10H2,(H,19,20). The first-order valence-corrected chi connectivity index (χ1v) is 7.50. The Bertz CT molecular complexity index is 499. The first-order valence-electron chi connectivity index (χ1n) is 7.13. The van der Waals surface area contributed by atoms with Gasteiger partial charge in [-0.15, -0.1) is 0 Å². The average molecular weight is 295 g/mol. The van der Waals surface area contributed by atoms with Crippen molar-refractivity contribution in [3.63, 3.8) is 0 Å². The van der Waals surface area contributed by atoms with Crippen molar-refractivity contribution in [3.8, 4) is 0 Å². The van der Waals surface area contributed by atoms with Crippen molar-refractivity contribution < 1.29 is 9.90 Å². The zero-order chi connectivity index (χ0) is 14.2. The minimum absolute atomic E-state index is 0.144. The molecule has 2 aliphatic rings. The summed E-state index contributed by atoms with van der Waals surface area (Å²) in [6, 6.07) is 3.90. The van der Waals surface area contributed by atoms with E-state index in [-0.39, 0.29) is 12.5 Å². The summed E-state index contributed by atoms with van der Waals surface area (Å²) in [5, 5.41) is 9.73. The van der Waals surface area contributed by atoms with Crippen LogP contribution in [-0.4, -0.2) is 33.5 Å². The molecule has 1 saturated carbocycles. The largest absolute Gasteiger partial charge is 0.481 e. The van der Waals surface area contributed by atoms with Gasteiger partial charge >= 0.3 is 5.97 Å². The number of rotatable bonds is 4. The number of carbonyl (C=O) groups is 1. The van der Waals surface area contributed by atoms with Crippen LogP contribution in [0.5, 0.6) is 0 Å².